The number of benzene rings is 1. The molecule has 2 nitrogen and oxygen atoms in total. The van der Waals surface area contributed by atoms with Crippen LogP contribution in [0.1, 0.15) is 18.0 Å². The Kier molecular flexibility index (Phi) is 3.37. The van der Waals surface area contributed by atoms with Gasteiger partial charge in [0.2, 0.25) is 0 Å². The van der Waals surface area contributed by atoms with E-state index in [9.17, 15) is 9.50 Å². The Morgan fingerprint density at radius 3 is 2.81 bits per heavy atom. The molecule has 1 atom stereocenters. The van der Waals surface area contributed by atoms with Crippen LogP contribution in [0.5, 0.6) is 0 Å². The highest BCUT2D eigenvalue weighted by Crippen LogP contribution is 2.28. The lowest BCUT2D eigenvalue weighted by Crippen LogP contribution is -1.89. The van der Waals surface area contributed by atoms with Crippen LogP contribution < -0.4 is 0 Å². The fourth-order valence-electron chi connectivity index (χ4n) is 1.27. The van der Waals surface area contributed by atoms with Gasteiger partial charge >= 0.3 is 0 Å². The van der Waals surface area contributed by atoms with Crippen molar-refractivity contribution in [3.05, 3.63) is 38.9 Å². The van der Waals surface area contributed by atoms with Gasteiger partial charge in [0.15, 0.2) is 0 Å². The number of thiazole rings is 1. The smallest absolute Gasteiger partial charge is 0.137 e. The summed E-state index contributed by atoms with van der Waals surface area (Å²) in [6.07, 6.45) is -0.567. The van der Waals surface area contributed by atoms with Gasteiger partial charge in [-0.15, -0.1) is 11.3 Å². The number of hydrogen-bond donors (Lipinski definition) is 1. The third-order valence-electron chi connectivity index (χ3n) is 2.09. The fourth-order valence-corrected chi connectivity index (χ4v) is 2.42. The molecule has 1 heterocycles. The number of halogens is 2. The second-order valence-electron chi connectivity index (χ2n) is 3.38. The summed E-state index contributed by atoms with van der Waals surface area (Å²) < 4.78 is 13.5. The SMILES string of the molecule is CC(O)c1nc(-c2ccc(F)c(Br)c2)cs1. The van der Waals surface area contributed by atoms with Crippen LogP contribution in [0, 0.1) is 5.82 Å². The minimum Gasteiger partial charge on any atom is -0.386 e. The number of rotatable bonds is 2. The molecule has 0 aliphatic heterocycles. The van der Waals surface area contributed by atoms with E-state index in [1.807, 2.05) is 5.38 Å². The van der Waals surface area contributed by atoms with E-state index in [1.165, 1.54) is 17.4 Å². The Balaban J connectivity index is 2.39. The lowest BCUT2D eigenvalue weighted by atomic mass is 10.2. The van der Waals surface area contributed by atoms with Crippen molar-refractivity contribution in [1.82, 2.24) is 4.98 Å². The van der Waals surface area contributed by atoms with E-state index in [1.54, 1.807) is 19.1 Å². The molecule has 0 saturated carbocycles. The van der Waals surface area contributed by atoms with Crippen molar-refractivity contribution in [2.45, 2.75) is 13.0 Å². The first-order chi connectivity index (χ1) is 7.58. The summed E-state index contributed by atoms with van der Waals surface area (Å²) in [4.78, 5) is 4.28. The minimum absolute atomic E-state index is 0.297. The van der Waals surface area contributed by atoms with Gasteiger partial charge in [-0.1, -0.05) is 0 Å². The second kappa shape index (κ2) is 4.61. The van der Waals surface area contributed by atoms with Crippen molar-refractivity contribution < 1.29 is 9.50 Å². The molecule has 1 aromatic carbocycles. The van der Waals surface area contributed by atoms with E-state index in [2.05, 4.69) is 20.9 Å². The summed E-state index contributed by atoms with van der Waals surface area (Å²) in [5.41, 5.74) is 1.58. The summed E-state index contributed by atoms with van der Waals surface area (Å²) in [6.45, 7) is 1.67. The Labute approximate surface area is 105 Å². The maximum Gasteiger partial charge on any atom is 0.137 e. The van der Waals surface area contributed by atoms with E-state index in [0.29, 0.717) is 9.48 Å². The highest BCUT2D eigenvalue weighted by Gasteiger charge is 2.09. The highest BCUT2D eigenvalue weighted by atomic mass is 79.9. The summed E-state index contributed by atoms with van der Waals surface area (Å²) in [7, 11) is 0. The maximum atomic E-state index is 13.0. The average Bonchev–Trinajstić information content (AvgIpc) is 2.71. The zero-order valence-electron chi connectivity index (χ0n) is 8.45. The Morgan fingerprint density at radius 1 is 1.50 bits per heavy atom. The van der Waals surface area contributed by atoms with Crippen LogP contribution in [0.25, 0.3) is 11.3 Å². The van der Waals surface area contributed by atoms with Gasteiger partial charge in [-0.3, -0.25) is 0 Å². The molecule has 0 aliphatic carbocycles. The van der Waals surface area contributed by atoms with Crippen molar-refractivity contribution in [1.29, 1.82) is 0 Å². The normalized spacial score (nSPS) is 12.8. The van der Waals surface area contributed by atoms with Crippen LogP contribution in [0.2, 0.25) is 0 Å². The highest BCUT2D eigenvalue weighted by molar-refractivity contribution is 9.10. The molecule has 0 fully saturated rings. The lowest BCUT2D eigenvalue weighted by Gasteiger charge is -1.99. The van der Waals surface area contributed by atoms with Crippen LogP contribution in [-0.4, -0.2) is 10.1 Å². The Morgan fingerprint density at radius 2 is 2.25 bits per heavy atom. The quantitative estimate of drug-likeness (QED) is 0.916. The third kappa shape index (κ3) is 2.31. The monoisotopic (exact) mass is 301 g/mol. The van der Waals surface area contributed by atoms with Crippen molar-refractivity contribution in [2.24, 2.45) is 0 Å². The summed E-state index contributed by atoms with van der Waals surface area (Å²) in [5, 5.41) is 11.9. The van der Waals surface area contributed by atoms with Crippen LogP contribution in [-0.2, 0) is 0 Å². The lowest BCUT2D eigenvalue weighted by molar-refractivity contribution is 0.199. The van der Waals surface area contributed by atoms with Gasteiger partial charge in [0, 0.05) is 10.9 Å². The molecule has 0 aliphatic rings. The van der Waals surface area contributed by atoms with E-state index in [4.69, 9.17) is 0 Å². The van der Waals surface area contributed by atoms with Gasteiger partial charge in [-0.2, -0.15) is 0 Å². The van der Waals surface area contributed by atoms with Crippen molar-refractivity contribution in [3.8, 4) is 11.3 Å². The Bertz CT molecular complexity index is 512. The van der Waals surface area contributed by atoms with E-state index < -0.39 is 6.10 Å². The van der Waals surface area contributed by atoms with Gasteiger partial charge in [-0.25, -0.2) is 9.37 Å². The third-order valence-corrected chi connectivity index (χ3v) is 3.72. The predicted molar refractivity (Wildman–Crippen MR) is 65.8 cm³/mol. The molecule has 0 amide bonds. The van der Waals surface area contributed by atoms with Gasteiger partial charge in [0.25, 0.3) is 0 Å². The number of aliphatic hydroxyl groups excluding tert-OH is 1. The molecular weight excluding hydrogens is 293 g/mol. The molecule has 16 heavy (non-hydrogen) atoms. The van der Waals surface area contributed by atoms with Gasteiger partial charge in [-0.05, 0) is 41.1 Å². The first-order valence-electron chi connectivity index (χ1n) is 4.67. The molecule has 2 aromatic rings. The van der Waals surface area contributed by atoms with Crippen LogP contribution in [0.4, 0.5) is 4.39 Å². The molecule has 1 N–H and O–H groups in total. The number of hydrogen-bond acceptors (Lipinski definition) is 3. The van der Waals surface area contributed by atoms with Crippen LogP contribution in [0.15, 0.2) is 28.1 Å². The molecule has 0 radical (unpaired) electrons. The molecule has 1 unspecified atom stereocenters. The molecule has 84 valence electrons. The van der Waals surface area contributed by atoms with Gasteiger partial charge in [0.1, 0.15) is 16.9 Å². The molecule has 0 spiro atoms. The van der Waals surface area contributed by atoms with Gasteiger partial charge < -0.3 is 5.11 Å². The van der Waals surface area contributed by atoms with Crippen LogP contribution >= 0.6 is 27.3 Å². The van der Waals surface area contributed by atoms with E-state index >= 15 is 0 Å². The van der Waals surface area contributed by atoms with Crippen LogP contribution in [0.3, 0.4) is 0 Å². The van der Waals surface area contributed by atoms with Crippen molar-refractivity contribution in [3.63, 3.8) is 0 Å². The molecule has 0 saturated heterocycles. The predicted octanol–water partition coefficient (Wildman–Crippen LogP) is 3.77. The average molecular weight is 302 g/mol. The zero-order valence-corrected chi connectivity index (χ0v) is 10.8. The molecular formula is C11H9BrFNOS. The van der Waals surface area contributed by atoms with E-state index in [0.717, 1.165) is 11.3 Å². The zero-order chi connectivity index (χ0) is 11.7. The minimum atomic E-state index is -0.567. The second-order valence-corrected chi connectivity index (χ2v) is 5.12. The molecule has 0 bridgehead atoms. The van der Waals surface area contributed by atoms with E-state index in [-0.39, 0.29) is 5.82 Å². The summed E-state index contributed by atoms with van der Waals surface area (Å²) in [5.74, 6) is -0.297. The standard InChI is InChI=1S/C11H9BrFNOS/c1-6(15)11-14-10(5-16-11)7-2-3-9(13)8(12)4-7/h2-6,15H,1H3. The Hall–Kier alpha value is -0.780. The number of nitrogens with zero attached hydrogens (tertiary/aromatic N) is 1. The number of aliphatic hydroxyl groups is 1. The molecule has 2 rings (SSSR count). The first kappa shape index (κ1) is 11.7. The fraction of sp³-hybridized carbons (Fsp3) is 0.182. The molecule has 5 heteroatoms. The topological polar surface area (TPSA) is 33.1 Å². The first-order valence-corrected chi connectivity index (χ1v) is 6.34. The molecule has 1 aromatic heterocycles. The number of aromatic nitrogens is 1. The van der Waals surface area contributed by atoms with Crippen molar-refractivity contribution in [2.75, 3.05) is 0 Å². The largest absolute Gasteiger partial charge is 0.386 e. The van der Waals surface area contributed by atoms with Crippen molar-refractivity contribution >= 4 is 27.3 Å². The maximum absolute atomic E-state index is 13.0. The van der Waals surface area contributed by atoms with Gasteiger partial charge in [0.05, 0.1) is 10.2 Å². The summed E-state index contributed by atoms with van der Waals surface area (Å²) >= 11 is 4.52. The summed E-state index contributed by atoms with van der Waals surface area (Å²) in [6, 6.07) is 4.73.